The van der Waals surface area contributed by atoms with Crippen molar-refractivity contribution in [1.29, 1.82) is 0 Å². The van der Waals surface area contributed by atoms with E-state index < -0.39 is 0 Å². The van der Waals surface area contributed by atoms with E-state index in [2.05, 4.69) is 34.9 Å². The van der Waals surface area contributed by atoms with Crippen molar-refractivity contribution >= 4 is 0 Å². The minimum Gasteiger partial charge on any atom is -0.443 e. The van der Waals surface area contributed by atoms with Gasteiger partial charge < -0.3 is 17.7 Å². The topological polar surface area (TPSA) is 143 Å². The van der Waals surface area contributed by atoms with E-state index in [-0.39, 0.29) is 0 Å². The molecule has 38 heavy (non-hydrogen) atoms. The number of hydrogen-bond donors (Lipinski definition) is 0. The van der Waals surface area contributed by atoms with Gasteiger partial charge in [-0.2, -0.15) is 0 Å². The average Bonchev–Trinajstić information content (AvgIpc) is 3.80. The summed E-state index contributed by atoms with van der Waals surface area (Å²) < 4.78 is 22.5. The molecular weight excluding hydrogens is 486 g/mol. The van der Waals surface area contributed by atoms with Crippen LogP contribution < -0.4 is 0 Å². The monoisotopic (exact) mass is 501 g/mol. The van der Waals surface area contributed by atoms with E-state index in [1.165, 1.54) is 12.8 Å². The summed E-state index contributed by atoms with van der Waals surface area (Å²) in [7, 11) is 0. The van der Waals surface area contributed by atoms with Crippen LogP contribution in [0.4, 0.5) is 0 Å². The van der Waals surface area contributed by atoms with Crippen LogP contribution in [0.2, 0.25) is 0 Å². The van der Waals surface area contributed by atoms with Crippen molar-refractivity contribution in [2.75, 3.05) is 0 Å². The van der Waals surface area contributed by atoms with Gasteiger partial charge in [0.1, 0.15) is 22.8 Å². The maximum Gasteiger partial charge on any atom is 0.245 e. The van der Waals surface area contributed by atoms with E-state index >= 15 is 0 Å². The van der Waals surface area contributed by atoms with Crippen molar-refractivity contribution < 1.29 is 17.7 Å². The number of nitrogens with zero attached hydrogens (tertiary/aromatic N) is 7. The summed E-state index contributed by atoms with van der Waals surface area (Å²) in [6.07, 6.45) is 12.6. The lowest BCUT2D eigenvalue weighted by molar-refractivity contribution is 0.571. The first-order chi connectivity index (χ1) is 18.8. The molecule has 0 N–H and O–H groups in total. The highest BCUT2D eigenvalue weighted by Gasteiger charge is 2.15. The van der Waals surface area contributed by atoms with Gasteiger partial charge in [0.2, 0.25) is 11.8 Å². The zero-order valence-electron chi connectivity index (χ0n) is 19.4. The van der Waals surface area contributed by atoms with Crippen molar-refractivity contribution in [2.45, 2.75) is 0 Å². The fourth-order valence-corrected chi connectivity index (χ4v) is 3.78. The quantitative estimate of drug-likeness (QED) is 0.272. The van der Waals surface area contributed by atoms with Crippen molar-refractivity contribution in [1.82, 2.24) is 34.9 Å². The molecule has 0 saturated heterocycles. The first kappa shape index (κ1) is 21.6. The molecule has 0 bridgehead atoms. The van der Waals surface area contributed by atoms with Crippen LogP contribution in [0.15, 0.2) is 110 Å². The van der Waals surface area contributed by atoms with Crippen LogP contribution in [0.25, 0.3) is 68.7 Å². The summed E-state index contributed by atoms with van der Waals surface area (Å²) in [4.78, 5) is 30.1. The molecule has 7 aromatic heterocycles. The molecule has 0 spiro atoms. The van der Waals surface area contributed by atoms with Crippen molar-refractivity contribution in [3.8, 4) is 68.7 Å². The van der Waals surface area contributed by atoms with Gasteiger partial charge in [0.25, 0.3) is 0 Å². The highest BCUT2D eigenvalue weighted by molar-refractivity contribution is 5.64. The maximum atomic E-state index is 5.95. The number of pyridine rings is 3. The van der Waals surface area contributed by atoms with Gasteiger partial charge in [0.05, 0.1) is 24.8 Å². The van der Waals surface area contributed by atoms with E-state index in [4.69, 9.17) is 17.7 Å². The molecule has 7 aromatic rings. The summed E-state index contributed by atoms with van der Waals surface area (Å²) >= 11 is 0. The molecule has 11 nitrogen and oxygen atoms in total. The maximum absolute atomic E-state index is 5.95. The number of aromatic nitrogens is 7. The minimum absolute atomic E-state index is 0.347. The molecule has 182 valence electrons. The molecule has 0 unspecified atom stereocenters. The van der Waals surface area contributed by atoms with Crippen LogP contribution in [-0.4, -0.2) is 34.9 Å². The normalized spacial score (nSPS) is 11.2. The molecule has 0 radical (unpaired) electrons. The van der Waals surface area contributed by atoms with Crippen LogP contribution in [0.3, 0.4) is 0 Å². The molecule has 0 aliphatic rings. The fourth-order valence-electron chi connectivity index (χ4n) is 3.78. The number of hydrogen-bond acceptors (Lipinski definition) is 11. The van der Waals surface area contributed by atoms with Crippen molar-refractivity contribution in [2.24, 2.45) is 0 Å². The second-order valence-corrected chi connectivity index (χ2v) is 8.06. The smallest absolute Gasteiger partial charge is 0.245 e. The number of oxazole rings is 4. The fraction of sp³-hybridized carbons (Fsp3) is 0. The zero-order chi connectivity index (χ0) is 25.3. The van der Waals surface area contributed by atoms with Crippen LogP contribution >= 0.6 is 0 Å². The number of rotatable bonds is 6. The lowest BCUT2D eigenvalue weighted by atomic mass is 10.2. The second kappa shape index (κ2) is 9.06. The van der Waals surface area contributed by atoms with E-state index in [0.29, 0.717) is 57.6 Å². The minimum atomic E-state index is 0.347. The van der Waals surface area contributed by atoms with E-state index in [1.807, 2.05) is 30.3 Å². The van der Waals surface area contributed by atoms with Gasteiger partial charge in [-0.05, 0) is 36.4 Å². The van der Waals surface area contributed by atoms with Gasteiger partial charge >= 0.3 is 0 Å². The van der Waals surface area contributed by atoms with E-state index in [0.717, 1.165) is 11.1 Å². The molecule has 11 heteroatoms. The van der Waals surface area contributed by atoms with Gasteiger partial charge in [-0.15, -0.1) is 0 Å². The Kier molecular flexibility index (Phi) is 5.14. The Hall–Kier alpha value is -5.71. The van der Waals surface area contributed by atoms with Crippen molar-refractivity contribution in [3.63, 3.8) is 0 Å². The summed E-state index contributed by atoms with van der Waals surface area (Å²) in [5.74, 6) is 2.98. The van der Waals surface area contributed by atoms with Crippen molar-refractivity contribution in [3.05, 3.63) is 92.4 Å². The Labute approximate surface area is 213 Å². The average molecular weight is 501 g/mol. The lowest BCUT2D eigenvalue weighted by Gasteiger charge is -2.00. The van der Waals surface area contributed by atoms with Crippen LogP contribution in [0.1, 0.15) is 0 Å². The standard InChI is InChI=1S/C27H15N7O4/c1-2-20(26-32-12-24(37-26)18-6-4-16(8-30-18)22-10-28-14-35-22)34-21(3-1)27-33-13-25(38-27)19-7-5-17(9-31-19)23-11-29-15-36-23/h1-15H. The van der Waals surface area contributed by atoms with Crippen LogP contribution in [0.5, 0.6) is 0 Å². The second-order valence-electron chi connectivity index (χ2n) is 8.06. The highest BCUT2D eigenvalue weighted by atomic mass is 16.4. The molecule has 0 aliphatic heterocycles. The molecule has 0 aromatic carbocycles. The Balaban J connectivity index is 1.11. The predicted molar refractivity (Wildman–Crippen MR) is 133 cm³/mol. The molecule has 0 amide bonds. The third kappa shape index (κ3) is 4.03. The zero-order valence-corrected chi connectivity index (χ0v) is 19.4. The molecule has 0 atom stereocenters. The van der Waals surface area contributed by atoms with E-state index in [9.17, 15) is 0 Å². The molecule has 7 rings (SSSR count). The first-order valence-corrected chi connectivity index (χ1v) is 11.4. The summed E-state index contributed by atoms with van der Waals surface area (Å²) in [5, 5.41) is 0. The van der Waals surface area contributed by atoms with Gasteiger partial charge in [0.15, 0.2) is 35.8 Å². The van der Waals surface area contributed by atoms with Gasteiger partial charge in [-0.3, -0.25) is 9.97 Å². The van der Waals surface area contributed by atoms with Crippen LogP contribution in [-0.2, 0) is 0 Å². The third-order valence-electron chi connectivity index (χ3n) is 5.66. The summed E-state index contributed by atoms with van der Waals surface area (Å²) in [5.41, 5.74) is 3.94. The largest absolute Gasteiger partial charge is 0.443 e. The lowest BCUT2D eigenvalue weighted by Crippen LogP contribution is -1.87. The van der Waals surface area contributed by atoms with Gasteiger partial charge in [-0.1, -0.05) is 6.07 Å². The Morgan fingerprint density at radius 1 is 0.447 bits per heavy atom. The predicted octanol–water partition coefficient (Wildman–Crippen LogP) is 5.83. The SMILES string of the molecule is c1cc(-c2ncc(-c3ccc(-c4cnco4)cn3)o2)nc(-c2ncc(-c3ccc(-c4cnco4)cn3)o2)c1. The molecular formula is C27H15N7O4. The summed E-state index contributed by atoms with van der Waals surface area (Å²) in [6.45, 7) is 0. The molecule has 0 fully saturated rings. The molecule has 7 heterocycles. The van der Waals surface area contributed by atoms with Gasteiger partial charge in [0, 0.05) is 23.5 Å². The van der Waals surface area contributed by atoms with E-state index in [1.54, 1.807) is 49.3 Å². The van der Waals surface area contributed by atoms with Gasteiger partial charge in [-0.25, -0.2) is 24.9 Å². The Morgan fingerprint density at radius 3 is 1.39 bits per heavy atom. The highest BCUT2D eigenvalue weighted by Crippen LogP contribution is 2.29. The third-order valence-corrected chi connectivity index (χ3v) is 5.66. The molecule has 0 saturated carbocycles. The first-order valence-electron chi connectivity index (χ1n) is 11.4. The van der Waals surface area contributed by atoms with Crippen LogP contribution in [0, 0.1) is 0 Å². The molecule has 0 aliphatic carbocycles. The Bertz CT molecular complexity index is 1670. The summed E-state index contributed by atoms with van der Waals surface area (Å²) in [6, 6.07) is 12.8. The Morgan fingerprint density at radius 2 is 0.974 bits per heavy atom.